The Morgan fingerprint density at radius 1 is 0.692 bits per heavy atom. The van der Waals surface area contributed by atoms with Gasteiger partial charge in [0.25, 0.3) is 0 Å². The van der Waals surface area contributed by atoms with Crippen LogP contribution in [0.3, 0.4) is 0 Å². The third-order valence-corrected chi connectivity index (χ3v) is 5.29. The van der Waals surface area contributed by atoms with Gasteiger partial charge in [0.2, 0.25) is 0 Å². The summed E-state index contributed by atoms with van der Waals surface area (Å²) in [4.78, 5) is 0. The summed E-state index contributed by atoms with van der Waals surface area (Å²) in [5.41, 5.74) is -3.07. The Hall–Kier alpha value is -4.46. The number of ether oxygens (including phenoxy) is 1. The number of alkyl halides is 5. The summed E-state index contributed by atoms with van der Waals surface area (Å²) in [6.45, 7) is 0. The number of hydrogen-bond acceptors (Lipinski definition) is 1. The van der Waals surface area contributed by atoms with Crippen LogP contribution >= 0.6 is 0 Å². The molecule has 0 saturated carbocycles. The van der Waals surface area contributed by atoms with Crippen molar-refractivity contribution in [1.82, 2.24) is 0 Å². The Kier molecular flexibility index (Phi) is 7.33. The van der Waals surface area contributed by atoms with Crippen molar-refractivity contribution in [2.45, 2.75) is 12.3 Å². The Morgan fingerprint density at radius 2 is 1.36 bits per heavy atom. The lowest BCUT2D eigenvalue weighted by molar-refractivity contribution is -0.189. The van der Waals surface area contributed by atoms with E-state index in [0.717, 1.165) is 30.2 Å². The van der Waals surface area contributed by atoms with Crippen LogP contribution in [0.1, 0.15) is 22.3 Å². The fraction of sp³-hybridized carbons (Fsp3) is 0.0714. The number of fused-ring (bicyclic) bond motifs is 1. The van der Waals surface area contributed by atoms with Gasteiger partial charge in [-0.15, -0.1) is 0 Å². The molecule has 0 fully saturated rings. The molecule has 39 heavy (non-hydrogen) atoms. The zero-order valence-corrected chi connectivity index (χ0v) is 19.1. The molecule has 0 atom stereocenters. The molecular weight excluding hydrogens is 542 g/mol. The summed E-state index contributed by atoms with van der Waals surface area (Å²) >= 11 is 0. The number of rotatable bonds is 5. The quantitative estimate of drug-likeness (QED) is 0.136. The Morgan fingerprint density at radius 3 is 2.00 bits per heavy atom. The summed E-state index contributed by atoms with van der Waals surface area (Å²) in [6, 6.07) is 9.42. The molecule has 0 aromatic heterocycles. The van der Waals surface area contributed by atoms with Gasteiger partial charge in [0, 0.05) is 16.9 Å². The van der Waals surface area contributed by atoms with Crippen molar-refractivity contribution >= 4 is 22.9 Å². The van der Waals surface area contributed by atoms with Gasteiger partial charge in [-0.3, -0.25) is 0 Å². The predicted molar refractivity (Wildman–Crippen MR) is 123 cm³/mol. The second-order valence-corrected chi connectivity index (χ2v) is 8.01. The second kappa shape index (κ2) is 10.4. The van der Waals surface area contributed by atoms with Gasteiger partial charge in [0.1, 0.15) is 40.4 Å². The summed E-state index contributed by atoms with van der Waals surface area (Å²) in [5, 5.41) is -0.868. The molecule has 0 aliphatic carbocycles. The molecule has 0 unspecified atom stereocenters. The second-order valence-electron chi connectivity index (χ2n) is 8.01. The van der Waals surface area contributed by atoms with Gasteiger partial charge in [-0.25, -0.2) is 22.0 Å². The smallest absolute Gasteiger partial charge is 0.429 e. The average Bonchev–Trinajstić information content (AvgIpc) is 2.81. The van der Waals surface area contributed by atoms with E-state index in [1.54, 1.807) is 0 Å². The van der Waals surface area contributed by atoms with Crippen LogP contribution in [0, 0.1) is 40.9 Å². The molecule has 0 aliphatic rings. The van der Waals surface area contributed by atoms with Crippen LogP contribution in [0.2, 0.25) is 0 Å². The highest BCUT2D eigenvalue weighted by atomic mass is 19.4. The third-order valence-electron chi connectivity index (χ3n) is 5.29. The molecule has 0 spiro atoms. The van der Waals surface area contributed by atoms with Crippen molar-refractivity contribution < 1.29 is 48.6 Å². The average molecular weight is 554 g/mol. The molecule has 4 aromatic rings. The van der Waals surface area contributed by atoms with Crippen LogP contribution in [0.4, 0.5) is 43.9 Å². The van der Waals surface area contributed by atoms with Crippen LogP contribution in [0.25, 0.3) is 22.9 Å². The molecule has 0 amide bonds. The Balaban J connectivity index is 1.64. The van der Waals surface area contributed by atoms with Gasteiger partial charge < -0.3 is 4.74 Å². The van der Waals surface area contributed by atoms with Crippen molar-refractivity contribution in [3.05, 3.63) is 112 Å². The van der Waals surface area contributed by atoms with E-state index in [9.17, 15) is 43.9 Å². The highest BCUT2D eigenvalue weighted by molar-refractivity contribution is 5.86. The Labute approximate surface area is 213 Å². The highest BCUT2D eigenvalue weighted by Crippen LogP contribution is 2.37. The van der Waals surface area contributed by atoms with Crippen LogP contribution in [-0.2, 0) is 6.11 Å². The minimum atomic E-state index is -5.02. The van der Waals surface area contributed by atoms with E-state index in [-0.39, 0.29) is 11.1 Å². The topological polar surface area (TPSA) is 9.23 Å². The summed E-state index contributed by atoms with van der Waals surface area (Å²) in [5.74, 6) is -5.67. The summed E-state index contributed by atoms with van der Waals surface area (Å²) in [7, 11) is 0. The van der Waals surface area contributed by atoms with Crippen LogP contribution in [0.5, 0.6) is 5.75 Å². The van der Waals surface area contributed by atoms with E-state index in [1.807, 2.05) is 0 Å². The van der Waals surface area contributed by atoms with E-state index >= 15 is 0 Å². The Bertz CT molecular complexity index is 1640. The molecule has 4 rings (SSSR count). The first-order valence-electron chi connectivity index (χ1n) is 10.8. The monoisotopic (exact) mass is 554 g/mol. The molecule has 0 heterocycles. The van der Waals surface area contributed by atoms with Crippen molar-refractivity contribution in [3.8, 4) is 17.6 Å². The largest absolute Gasteiger partial charge is 0.458 e. The molecule has 0 bridgehead atoms. The van der Waals surface area contributed by atoms with E-state index in [2.05, 4.69) is 4.74 Å². The zero-order chi connectivity index (χ0) is 28.5. The first kappa shape index (κ1) is 27.6. The molecule has 1 nitrogen and oxygen atoms in total. The lowest BCUT2D eigenvalue weighted by atomic mass is 10.0. The third kappa shape index (κ3) is 6.17. The van der Waals surface area contributed by atoms with Gasteiger partial charge in [-0.2, -0.15) is 22.0 Å². The molecule has 0 saturated heterocycles. The van der Waals surface area contributed by atoms with Gasteiger partial charge in [0.15, 0.2) is 0 Å². The van der Waals surface area contributed by atoms with E-state index in [1.165, 1.54) is 30.2 Å². The number of benzene rings is 4. The van der Waals surface area contributed by atoms with Gasteiger partial charge in [-0.05, 0) is 53.4 Å². The fourth-order valence-corrected chi connectivity index (χ4v) is 3.58. The lowest BCUT2D eigenvalue weighted by Gasteiger charge is -2.20. The molecule has 0 N–H and O–H groups in total. The highest BCUT2D eigenvalue weighted by Gasteiger charge is 2.41. The zero-order valence-electron chi connectivity index (χ0n) is 19.1. The van der Waals surface area contributed by atoms with E-state index in [4.69, 9.17) is 0 Å². The van der Waals surface area contributed by atoms with Crippen LogP contribution < -0.4 is 4.74 Å². The molecule has 0 radical (unpaired) electrons. The summed E-state index contributed by atoms with van der Waals surface area (Å²) < 4.78 is 143. The van der Waals surface area contributed by atoms with Gasteiger partial charge in [0.05, 0.1) is 5.56 Å². The molecular formula is C28H12F10O. The maximum Gasteiger partial charge on any atom is 0.458 e. The van der Waals surface area contributed by atoms with Gasteiger partial charge in [-0.1, -0.05) is 36.3 Å². The van der Waals surface area contributed by atoms with Crippen molar-refractivity contribution in [2.24, 2.45) is 0 Å². The van der Waals surface area contributed by atoms with Crippen LogP contribution in [0.15, 0.2) is 60.7 Å². The molecule has 11 heteroatoms. The maximum absolute atomic E-state index is 14.8. The van der Waals surface area contributed by atoms with Crippen molar-refractivity contribution in [2.75, 3.05) is 0 Å². The standard InChI is InChI=1S/C28H12F10O/c29-21-4-2-1-3-16(21)6-5-15-11-23(31)25(24(32)12-15)28(37,38)39-18-7-8-19-17(13-18)14-22(30)20(26(19)33)9-10-27(34,35)36/h1-8,11-14H/b6-5+. The molecule has 4 aromatic carbocycles. The first-order valence-corrected chi connectivity index (χ1v) is 10.8. The number of hydrogen-bond donors (Lipinski definition) is 0. The van der Waals surface area contributed by atoms with E-state index in [0.29, 0.717) is 24.3 Å². The number of halogens is 10. The fourth-order valence-electron chi connectivity index (χ4n) is 3.58. The minimum Gasteiger partial charge on any atom is -0.429 e. The van der Waals surface area contributed by atoms with Crippen molar-refractivity contribution in [3.63, 3.8) is 0 Å². The molecule has 200 valence electrons. The van der Waals surface area contributed by atoms with Crippen molar-refractivity contribution in [1.29, 1.82) is 0 Å². The van der Waals surface area contributed by atoms with E-state index < -0.39 is 69.0 Å². The SMILES string of the molecule is Fc1ccccc1/C=C/c1cc(F)c(C(F)(F)Oc2ccc3c(F)c(C#CC(F)(F)F)c(F)cc3c2)c(F)c1. The lowest BCUT2D eigenvalue weighted by Crippen LogP contribution is -2.25. The normalized spacial score (nSPS) is 12.1. The summed E-state index contributed by atoms with van der Waals surface area (Å²) in [6.07, 6.45) is -7.33. The minimum absolute atomic E-state index is 0.0831. The van der Waals surface area contributed by atoms with Gasteiger partial charge >= 0.3 is 12.3 Å². The maximum atomic E-state index is 14.8. The van der Waals surface area contributed by atoms with Crippen LogP contribution in [-0.4, -0.2) is 6.18 Å². The predicted octanol–water partition coefficient (Wildman–Crippen LogP) is 8.75. The first-order chi connectivity index (χ1) is 18.2. The molecule has 0 aliphatic heterocycles.